The maximum absolute atomic E-state index is 10.2. The molecule has 0 unspecified atom stereocenters. The summed E-state index contributed by atoms with van der Waals surface area (Å²) in [5.41, 5.74) is 1.16. The number of fused-ring (bicyclic) bond motifs is 5. The van der Waals surface area contributed by atoms with E-state index in [2.05, 4.69) is 43.4 Å². The van der Waals surface area contributed by atoms with Gasteiger partial charge in [-0.2, -0.15) is 0 Å². The van der Waals surface area contributed by atoms with E-state index in [4.69, 9.17) is 0 Å². The maximum Gasteiger partial charge on any atom is 0.0543 e. The number of rotatable bonds is 4. The first kappa shape index (κ1) is 20.0. The van der Waals surface area contributed by atoms with Gasteiger partial charge in [0.25, 0.3) is 0 Å². The lowest BCUT2D eigenvalue weighted by molar-refractivity contribution is -0.129. The Hall–Kier alpha value is 0.690. The Balaban J connectivity index is 1.52. The van der Waals surface area contributed by atoms with Gasteiger partial charge in [-0.1, -0.05) is 43.4 Å². The van der Waals surface area contributed by atoms with Gasteiger partial charge in [-0.3, -0.25) is 0 Å². The van der Waals surface area contributed by atoms with Crippen molar-refractivity contribution in [3.8, 4) is 0 Å². The van der Waals surface area contributed by atoms with Gasteiger partial charge in [0.1, 0.15) is 0 Å². The van der Waals surface area contributed by atoms with Crippen LogP contribution in [-0.4, -0.2) is 15.6 Å². The molecular formula is C24H41IO. The van der Waals surface area contributed by atoms with Gasteiger partial charge < -0.3 is 5.11 Å². The lowest BCUT2D eigenvalue weighted by Gasteiger charge is -2.61. The number of aliphatic hydroxyl groups excluding tert-OH is 1. The zero-order valence-electron chi connectivity index (χ0n) is 17.4. The van der Waals surface area contributed by atoms with E-state index in [9.17, 15) is 5.11 Å². The van der Waals surface area contributed by atoms with Crippen molar-refractivity contribution in [2.24, 2.45) is 46.3 Å². The van der Waals surface area contributed by atoms with Gasteiger partial charge in [-0.05, 0) is 121 Å². The number of alkyl halides is 1. The highest BCUT2D eigenvalue weighted by molar-refractivity contribution is 14.1. The number of aliphatic hydroxyl groups is 1. The molecule has 0 spiro atoms. The molecule has 0 aromatic heterocycles. The van der Waals surface area contributed by atoms with Crippen LogP contribution in [0.25, 0.3) is 0 Å². The largest absolute Gasteiger partial charge is 0.393 e. The van der Waals surface area contributed by atoms with E-state index in [1.807, 2.05) is 0 Å². The van der Waals surface area contributed by atoms with Gasteiger partial charge in [0, 0.05) is 0 Å². The fourth-order valence-electron chi connectivity index (χ4n) is 8.81. The Bertz CT molecular complexity index is 506. The molecule has 0 radical (unpaired) electrons. The average Bonchev–Trinajstić information content (AvgIpc) is 2.97. The van der Waals surface area contributed by atoms with Crippen LogP contribution in [0.3, 0.4) is 0 Å². The molecule has 0 amide bonds. The monoisotopic (exact) mass is 472 g/mol. The van der Waals surface area contributed by atoms with Crippen LogP contribution in [0, 0.1) is 46.3 Å². The van der Waals surface area contributed by atoms with E-state index in [0.29, 0.717) is 10.8 Å². The zero-order valence-corrected chi connectivity index (χ0v) is 19.5. The Morgan fingerprint density at radius 3 is 2.46 bits per heavy atom. The van der Waals surface area contributed by atoms with Crippen molar-refractivity contribution in [2.45, 2.75) is 97.5 Å². The second kappa shape index (κ2) is 7.50. The van der Waals surface area contributed by atoms with Gasteiger partial charge in [-0.15, -0.1) is 0 Å². The Morgan fingerprint density at radius 2 is 1.69 bits per heavy atom. The minimum Gasteiger partial charge on any atom is -0.393 e. The summed E-state index contributed by atoms with van der Waals surface area (Å²) in [6.45, 7) is 7.89. The minimum atomic E-state index is -0.00639. The first-order valence-corrected chi connectivity index (χ1v) is 13.2. The second-order valence-electron chi connectivity index (χ2n) is 11.1. The van der Waals surface area contributed by atoms with Crippen molar-refractivity contribution in [3.05, 3.63) is 0 Å². The molecule has 1 nitrogen and oxygen atoms in total. The summed E-state index contributed by atoms with van der Waals surface area (Å²) in [5.74, 6) is 5.65. The molecule has 0 heterocycles. The van der Waals surface area contributed by atoms with Crippen LogP contribution in [0.1, 0.15) is 91.4 Å². The van der Waals surface area contributed by atoms with Crippen molar-refractivity contribution in [2.75, 3.05) is 4.43 Å². The smallest absolute Gasteiger partial charge is 0.0543 e. The first-order chi connectivity index (χ1) is 12.4. The molecule has 2 heteroatoms. The Kier molecular flexibility index (Phi) is 5.77. The Morgan fingerprint density at radius 1 is 0.962 bits per heavy atom. The van der Waals surface area contributed by atoms with E-state index in [0.717, 1.165) is 48.3 Å². The molecule has 1 N–H and O–H groups in total. The average molecular weight is 472 g/mol. The highest BCUT2D eigenvalue weighted by atomic mass is 127. The van der Waals surface area contributed by atoms with Gasteiger partial charge in [0.05, 0.1) is 6.10 Å². The van der Waals surface area contributed by atoms with E-state index < -0.39 is 0 Å². The highest BCUT2D eigenvalue weighted by Gasteiger charge is 2.60. The molecule has 4 aliphatic carbocycles. The summed E-state index contributed by atoms with van der Waals surface area (Å²) < 4.78 is 1.32. The van der Waals surface area contributed by atoms with Crippen molar-refractivity contribution < 1.29 is 5.11 Å². The molecule has 0 saturated heterocycles. The molecule has 26 heavy (non-hydrogen) atoms. The molecule has 0 aromatic carbocycles. The van der Waals surface area contributed by atoms with Crippen molar-refractivity contribution in [1.29, 1.82) is 0 Å². The third kappa shape index (κ3) is 3.12. The number of hydrogen-bond acceptors (Lipinski definition) is 1. The minimum absolute atomic E-state index is 0.00639. The normalized spacial score (nSPS) is 52.0. The fraction of sp³-hybridized carbons (Fsp3) is 1.00. The highest BCUT2D eigenvalue weighted by Crippen LogP contribution is 2.68. The van der Waals surface area contributed by atoms with E-state index in [1.54, 1.807) is 0 Å². The summed E-state index contributed by atoms with van der Waals surface area (Å²) in [6, 6.07) is 0. The molecule has 0 aliphatic heterocycles. The van der Waals surface area contributed by atoms with Crippen LogP contribution in [0.15, 0.2) is 0 Å². The topological polar surface area (TPSA) is 20.2 Å². The molecular weight excluding hydrogens is 431 g/mol. The van der Waals surface area contributed by atoms with Crippen molar-refractivity contribution in [1.82, 2.24) is 0 Å². The fourth-order valence-corrected chi connectivity index (χ4v) is 9.25. The number of halogens is 1. The van der Waals surface area contributed by atoms with Gasteiger partial charge in [0.15, 0.2) is 0 Å². The van der Waals surface area contributed by atoms with E-state index in [-0.39, 0.29) is 6.10 Å². The molecule has 150 valence electrons. The van der Waals surface area contributed by atoms with Crippen LogP contribution in [0.2, 0.25) is 0 Å². The van der Waals surface area contributed by atoms with Crippen LogP contribution >= 0.6 is 22.6 Å². The molecule has 4 rings (SSSR count). The molecule has 9 atom stereocenters. The van der Waals surface area contributed by atoms with Gasteiger partial charge in [-0.25, -0.2) is 0 Å². The maximum atomic E-state index is 10.2. The standard InChI is InChI=1S/C24H41IO/c1-16(5-4-14-25)20-8-9-21-19-7-6-17-15-18(26)10-12-23(17,2)22(19)11-13-24(20,21)3/h16-22,26H,4-15H2,1-3H3/t16-,17-,18-,19+,20-,21+,22+,23+,24-/m1/s1. The lowest BCUT2D eigenvalue weighted by atomic mass is 9.44. The summed E-state index contributed by atoms with van der Waals surface area (Å²) in [5, 5.41) is 10.2. The predicted molar refractivity (Wildman–Crippen MR) is 119 cm³/mol. The summed E-state index contributed by atoms with van der Waals surface area (Å²) in [7, 11) is 0. The van der Waals surface area contributed by atoms with Gasteiger partial charge in [0.2, 0.25) is 0 Å². The molecule has 0 aromatic rings. The quantitative estimate of drug-likeness (QED) is 0.350. The van der Waals surface area contributed by atoms with Crippen LogP contribution in [0.4, 0.5) is 0 Å². The van der Waals surface area contributed by atoms with Crippen LogP contribution < -0.4 is 0 Å². The first-order valence-electron chi connectivity index (χ1n) is 11.6. The van der Waals surface area contributed by atoms with Crippen molar-refractivity contribution in [3.63, 3.8) is 0 Å². The molecule has 4 saturated carbocycles. The zero-order chi connectivity index (χ0) is 18.5. The number of hydrogen-bond donors (Lipinski definition) is 1. The predicted octanol–water partition coefficient (Wildman–Crippen LogP) is 6.86. The van der Waals surface area contributed by atoms with Gasteiger partial charge >= 0.3 is 0 Å². The lowest BCUT2D eigenvalue weighted by Crippen LogP contribution is -2.54. The van der Waals surface area contributed by atoms with E-state index in [1.165, 1.54) is 62.2 Å². The molecule has 4 aliphatic rings. The summed E-state index contributed by atoms with van der Waals surface area (Å²) in [4.78, 5) is 0. The third-order valence-electron chi connectivity index (χ3n) is 10.2. The SMILES string of the molecule is C[C@H](CCCI)[C@H]1CC[C@H]2[C@@H]3CC[C@@H]4C[C@H](O)CC[C@]4(C)[C@H]3CC[C@]12C. The van der Waals surface area contributed by atoms with Crippen molar-refractivity contribution >= 4 is 22.6 Å². The second-order valence-corrected chi connectivity index (χ2v) is 12.2. The van der Waals surface area contributed by atoms with Crippen LogP contribution in [-0.2, 0) is 0 Å². The molecule has 0 bridgehead atoms. The third-order valence-corrected chi connectivity index (χ3v) is 11.0. The van der Waals surface area contributed by atoms with Crippen LogP contribution in [0.5, 0.6) is 0 Å². The van der Waals surface area contributed by atoms with E-state index >= 15 is 0 Å². The summed E-state index contributed by atoms with van der Waals surface area (Å²) >= 11 is 2.55. The Labute approximate surface area is 175 Å². The summed E-state index contributed by atoms with van der Waals surface area (Å²) in [6.07, 6.45) is 15.2. The molecule has 4 fully saturated rings.